The average Bonchev–Trinajstić information content (AvgIpc) is 4.12. The third-order valence-electron chi connectivity index (χ3n) is 13.3. The Labute approximate surface area is 473 Å². The predicted molar refractivity (Wildman–Crippen MR) is 280 cm³/mol. The summed E-state index contributed by atoms with van der Waals surface area (Å²) in [5.74, 6) is -1.17. The molecule has 16 N–H and O–H groups in total. The van der Waals surface area contributed by atoms with Crippen molar-refractivity contribution in [2.24, 2.45) is 37.9 Å². The Balaban J connectivity index is 1.11. The smallest absolute Gasteiger partial charge is 0.188 e. The van der Waals surface area contributed by atoms with Gasteiger partial charge in [0.15, 0.2) is 30.1 Å². The van der Waals surface area contributed by atoms with E-state index in [2.05, 4.69) is 20.3 Å². The van der Waals surface area contributed by atoms with Gasteiger partial charge in [0.1, 0.15) is 130 Å². The van der Waals surface area contributed by atoms with Crippen LogP contribution in [0, 0.1) is 0 Å². The van der Waals surface area contributed by atoms with Crippen LogP contribution in [0.4, 0.5) is 0 Å². The van der Waals surface area contributed by atoms with Crippen LogP contribution in [-0.2, 0) is 100 Å². The molecule has 0 aromatic heterocycles. The van der Waals surface area contributed by atoms with E-state index in [0.29, 0.717) is 0 Å². The van der Waals surface area contributed by atoms with Gasteiger partial charge in [0.05, 0.1) is 56.9 Å². The highest BCUT2D eigenvalue weighted by atomic mass is 32.5. The van der Waals surface area contributed by atoms with Crippen molar-refractivity contribution in [2.45, 2.75) is 172 Å². The molecule has 0 aromatic carbocycles. The Kier molecular flexibility index (Phi) is 24.5. The number of nitrogens with two attached hydrogens (primary N) is 4. The molecule has 446 valence electrons. The van der Waals surface area contributed by atoms with Crippen LogP contribution in [-0.4, -0.2) is 271 Å². The molecule has 6 radical (unpaired) electrons. The number of aliphatic imine (C=N–C) groups is 3. The van der Waals surface area contributed by atoms with Gasteiger partial charge in [0, 0.05) is 31.3 Å². The second-order valence-corrected chi connectivity index (χ2v) is 27.1. The molecule has 0 bridgehead atoms. The van der Waals surface area contributed by atoms with Crippen molar-refractivity contribution in [1.29, 1.82) is 0 Å². The first-order valence-corrected chi connectivity index (χ1v) is 31.9. The van der Waals surface area contributed by atoms with E-state index in [1.165, 1.54) is 21.1 Å². The fraction of sp³-hybridized carbons (Fsp3) is 0.921. The highest BCUT2D eigenvalue weighted by Gasteiger charge is 2.60. The molecular weight excluding hydrogens is 1170 g/mol. The molecule has 5 heterocycles. The fourth-order valence-electron chi connectivity index (χ4n) is 9.48. The van der Waals surface area contributed by atoms with Crippen LogP contribution in [0.3, 0.4) is 0 Å². The molecular formula is C38H65B3N8O24P3S3-3. The molecule has 6 fully saturated rings. The number of ether oxygens (including phenoxy) is 8. The molecule has 0 spiro atoms. The topological polar surface area (TPSA) is 493 Å². The molecule has 5 aliphatic heterocycles. The highest BCUT2D eigenvalue weighted by molar-refractivity contribution is 8.07. The van der Waals surface area contributed by atoms with Crippen LogP contribution in [0.5, 0.6) is 0 Å². The fourth-order valence-corrected chi connectivity index (χ4v) is 13.7. The van der Waals surface area contributed by atoms with Gasteiger partial charge in [0.25, 0.3) is 0 Å². The minimum atomic E-state index is -4.58. The summed E-state index contributed by atoms with van der Waals surface area (Å²) in [4.78, 5) is 52.1. The Hall–Kier alpha value is -0.645. The molecule has 1 saturated carbocycles. The number of aliphatic hydroxyl groups excluding tert-OH is 6. The lowest BCUT2D eigenvalue weighted by atomic mass is 9.81. The van der Waals surface area contributed by atoms with Gasteiger partial charge >= 0.3 is 0 Å². The van der Waals surface area contributed by atoms with Crippen LogP contribution < -0.4 is 42.9 Å². The van der Waals surface area contributed by atoms with Crippen LogP contribution in [0.2, 0.25) is 0 Å². The summed E-state index contributed by atoms with van der Waals surface area (Å²) >= 11 is 15.4. The average molecular weight is 1240 g/mol. The Morgan fingerprint density at radius 3 is 1.62 bits per heavy atom. The van der Waals surface area contributed by atoms with Crippen LogP contribution >= 0.6 is 20.2 Å². The first-order chi connectivity index (χ1) is 36.9. The quantitative estimate of drug-likeness (QED) is 0.0166. The molecule has 27 atom stereocenters. The van der Waals surface area contributed by atoms with Gasteiger partial charge in [-0.25, -0.2) is 9.98 Å². The normalized spacial score (nSPS) is 44.0. The lowest BCUT2D eigenvalue weighted by Gasteiger charge is -2.45. The maximum atomic E-state index is 13.6. The summed E-state index contributed by atoms with van der Waals surface area (Å²) < 4.78 is 79.0. The van der Waals surface area contributed by atoms with Gasteiger partial charge in [0.2, 0.25) is 0 Å². The maximum Gasteiger partial charge on any atom is 0.188 e. The first-order valence-electron chi connectivity index (χ1n) is 24.3. The standard InChI is InChI=1S/C38H68B3N8O24P3S3/c1-13-38(56,33(70-34-26(46-2)30(54)27(51)17(7-50)68-34)35(64-13)69-32-25(49-37(44)45)28(52)24(48-36(42)43)29(53)31(32)55)11-47-12-63-76(59,79)73-16-6-23(41)67-20(16)10-62-75(58,78)72-15-5-22(40)66-19(15)9-61-74(57,77)71-14-4-21(39)65-18(14)8-60-3/h11,13-35,46,50-56H,4-10,12H2,1-3H3,(H,57,77)(H,58,78)(H,59,79)(H4,42,43,48)(H4,44,45,49)/p-3/b47-11-. The number of hydrogen-bond donors (Lipinski definition) is 12. The van der Waals surface area contributed by atoms with Gasteiger partial charge in [-0.15, -0.1) is 0 Å². The lowest BCUT2D eigenvalue weighted by molar-refractivity contribution is -0.313. The number of hydrogen-bond acceptors (Lipinski definition) is 31. The van der Waals surface area contributed by atoms with Crippen LogP contribution in [0.15, 0.2) is 15.0 Å². The molecule has 32 nitrogen and oxygen atoms in total. The van der Waals surface area contributed by atoms with Crippen molar-refractivity contribution in [3.8, 4) is 0 Å². The van der Waals surface area contributed by atoms with E-state index in [-0.39, 0.29) is 25.9 Å². The van der Waals surface area contributed by atoms with E-state index < -0.39 is 205 Å². The van der Waals surface area contributed by atoms with E-state index >= 15 is 0 Å². The summed E-state index contributed by atoms with van der Waals surface area (Å²) in [7, 11) is 20.7. The van der Waals surface area contributed by atoms with Crippen molar-refractivity contribution in [3.63, 3.8) is 0 Å². The number of methoxy groups -OCH3 is 1. The SMILES string of the molecule is [B]C1CC(OP([O-])(=S)OCC2OC([B])CC2OP([O-])(=S)OCC2OC([B])CC2OP([O-])(=S)OC/N=C\C2(O)C(C)OC(OC3C(O)C(O)C(N=C(N)N)C(O)C3N=C(N)N)C2OC2OC(CO)C(O)C(O)C2NC)C(COC)O1. The molecule has 6 aliphatic rings. The number of likely N-dealkylation sites (N-methyl/N-ethyl adjacent to an activating group) is 1. The number of nitrogens with one attached hydrogen (secondary N) is 1. The number of aliphatic hydroxyl groups is 7. The minimum absolute atomic E-state index is 0.0561. The van der Waals surface area contributed by atoms with E-state index in [4.69, 9.17) is 147 Å². The molecule has 6 rings (SSSR count). The van der Waals surface area contributed by atoms with Gasteiger partial charge in [-0.1, -0.05) is 35.4 Å². The van der Waals surface area contributed by atoms with E-state index in [1.807, 2.05) is 0 Å². The number of nitrogens with zero attached hydrogens (tertiary/aromatic N) is 3. The van der Waals surface area contributed by atoms with Crippen LogP contribution in [0.1, 0.15) is 26.2 Å². The predicted octanol–water partition coefficient (Wildman–Crippen LogP) is -9.88. The summed E-state index contributed by atoms with van der Waals surface area (Å²) in [5.41, 5.74) is 19.9. The van der Waals surface area contributed by atoms with Crippen molar-refractivity contribution in [3.05, 3.63) is 0 Å². The molecule has 0 amide bonds. The number of guanidine groups is 2. The third kappa shape index (κ3) is 17.5. The van der Waals surface area contributed by atoms with Gasteiger partial charge in [-0.2, -0.15) is 0 Å². The van der Waals surface area contributed by atoms with Crippen molar-refractivity contribution < 1.29 is 115 Å². The molecule has 41 heteroatoms. The Morgan fingerprint density at radius 1 is 0.671 bits per heavy atom. The van der Waals surface area contributed by atoms with E-state index in [0.717, 1.165) is 6.21 Å². The van der Waals surface area contributed by atoms with E-state index in [1.54, 1.807) is 0 Å². The maximum absolute atomic E-state index is 13.6. The van der Waals surface area contributed by atoms with Gasteiger partial charge in [-0.3, -0.25) is 4.99 Å². The summed E-state index contributed by atoms with van der Waals surface area (Å²) in [5, 5.41) is 80.3. The summed E-state index contributed by atoms with van der Waals surface area (Å²) in [6.45, 7) is -14.6. The number of rotatable bonds is 26. The molecule has 5 saturated heterocycles. The zero-order chi connectivity index (χ0) is 58.5. The van der Waals surface area contributed by atoms with Crippen molar-refractivity contribution in [2.75, 3.05) is 47.3 Å². The first kappa shape index (κ1) is 67.5. The van der Waals surface area contributed by atoms with Crippen molar-refractivity contribution in [1.82, 2.24) is 5.32 Å². The summed E-state index contributed by atoms with van der Waals surface area (Å²) in [6.07, 6.45) is -24.2. The zero-order valence-corrected chi connectivity index (χ0v) is 47.7. The second kappa shape index (κ2) is 28.7. The van der Waals surface area contributed by atoms with Gasteiger partial charge < -0.3 is 144 Å². The monoisotopic (exact) mass is 1240 g/mol. The summed E-state index contributed by atoms with van der Waals surface area (Å²) in [6, 6.07) is -7.17. The highest BCUT2D eigenvalue weighted by Crippen LogP contribution is 2.49. The lowest BCUT2D eigenvalue weighted by Crippen LogP contribution is -2.66. The molecule has 0 aromatic rings. The third-order valence-corrected chi connectivity index (χ3v) is 18.0. The zero-order valence-electron chi connectivity index (χ0n) is 42.5. The molecule has 27 unspecified atom stereocenters. The Bertz CT molecular complexity index is 2260. The molecule has 1 aliphatic carbocycles. The largest absolute Gasteiger partial charge is 0.780 e. The van der Waals surface area contributed by atoms with E-state index in [9.17, 15) is 50.4 Å². The Morgan fingerprint density at radius 2 is 1.15 bits per heavy atom. The van der Waals surface area contributed by atoms with Crippen molar-refractivity contribution >= 4 is 97.2 Å². The van der Waals surface area contributed by atoms with Gasteiger partial charge in [-0.05, 0) is 33.2 Å². The second-order valence-electron chi connectivity index (χ2n) is 19.0. The van der Waals surface area contributed by atoms with Crippen LogP contribution in [0.25, 0.3) is 0 Å². The molecule has 79 heavy (non-hydrogen) atoms. The minimum Gasteiger partial charge on any atom is -0.780 e.